The second-order valence-corrected chi connectivity index (χ2v) is 12.2. The molecule has 2 fully saturated rings. The van der Waals surface area contributed by atoms with E-state index in [1.54, 1.807) is 0 Å². The Labute approximate surface area is 250 Å². The van der Waals surface area contributed by atoms with Gasteiger partial charge in [-0.2, -0.15) is 0 Å². The molecule has 2 unspecified atom stereocenters. The highest BCUT2D eigenvalue weighted by molar-refractivity contribution is 6.30. The zero-order chi connectivity index (χ0) is 29.4. The number of aliphatic hydroxyl groups is 1. The first-order valence-corrected chi connectivity index (χ1v) is 15.1. The smallest absolute Gasteiger partial charge is 0.340 e. The molecule has 1 N–H and O–H groups in total. The summed E-state index contributed by atoms with van der Waals surface area (Å²) in [5.41, 5.74) is 3.56. The molecular formula is C35H36ClNO5. The Kier molecular flexibility index (Phi) is 7.86. The number of benzene rings is 3. The third-order valence-electron chi connectivity index (χ3n) is 9.33. The van der Waals surface area contributed by atoms with E-state index in [9.17, 15) is 14.7 Å². The highest BCUT2D eigenvalue weighted by Crippen LogP contribution is 2.49. The summed E-state index contributed by atoms with van der Waals surface area (Å²) in [5, 5.41) is 13.0. The summed E-state index contributed by atoms with van der Waals surface area (Å²) in [7, 11) is 0. The largest absolute Gasteiger partial charge is 0.483 e. The maximum absolute atomic E-state index is 13.7. The van der Waals surface area contributed by atoms with Gasteiger partial charge in [0, 0.05) is 40.4 Å². The van der Waals surface area contributed by atoms with E-state index in [1.807, 2.05) is 85.5 Å². The van der Waals surface area contributed by atoms with Crippen molar-refractivity contribution >= 4 is 28.5 Å². The van der Waals surface area contributed by atoms with Crippen LogP contribution < -0.4 is 10.4 Å². The minimum atomic E-state index is -0.774. The first-order valence-electron chi connectivity index (χ1n) is 14.7. The number of likely N-dealkylation sites (tertiary alicyclic amines) is 1. The van der Waals surface area contributed by atoms with Crippen LogP contribution in [-0.4, -0.2) is 34.7 Å². The quantitative estimate of drug-likeness (QED) is 0.248. The van der Waals surface area contributed by atoms with E-state index < -0.39 is 5.60 Å². The predicted molar refractivity (Wildman–Crippen MR) is 164 cm³/mol. The van der Waals surface area contributed by atoms with Gasteiger partial charge in [0.25, 0.3) is 5.91 Å². The average molecular weight is 586 g/mol. The maximum atomic E-state index is 13.7. The molecule has 0 bridgehead atoms. The van der Waals surface area contributed by atoms with Crippen LogP contribution in [0.4, 0.5) is 0 Å². The van der Waals surface area contributed by atoms with Crippen molar-refractivity contribution in [1.29, 1.82) is 0 Å². The monoisotopic (exact) mass is 585 g/mol. The highest BCUT2D eigenvalue weighted by Gasteiger charge is 2.50. The number of halogens is 1. The van der Waals surface area contributed by atoms with Crippen molar-refractivity contribution < 1.29 is 19.1 Å². The molecule has 2 heterocycles. The van der Waals surface area contributed by atoms with Gasteiger partial charge < -0.3 is 19.2 Å². The molecule has 1 aliphatic carbocycles. The van der Waals surface area contributed by atoms with E-state index in [0.29, 0.717) is 46.9 Å². The van der Waals surface area contributed by atoms with Gasteiger partial charge in [-0.25, -0.2) is 4.79 Å². The van der Waals surface area contributed by atoms with Crippen molar-refractivity contribution in [2.75, 3.05) is 13.2 Å². The molecule has 6 rings (SSSR count). The summed E-state index contributed by atoms with van der Waals surface area (Å²) in [4.78, 5) is 28.6. The molecule has 1 aromatic heterocycles. The molecular weight excluding hydrogens is 550 g/mol. The van der Waals surface area contributed by atoms with Crippen LogP contribution in [0.5, 0.6) is 5.75 Å². The lowest BCUT2D eigenvalue weighted by Gasteiger charge is -2.52. The summed E-state index contributed by atoms with van der Waals surface area (Å²) in [5.74, 6) is 0.316. The van der Waals surface area contributed by atoms with Crippen LogP contribution in [0.25, 0.3) is 11.0 Å². The molecule has 1 amide bonds. The van der Waals surface area contributed by atoms with E-state index in [4.69, 9.17) is 20.8 Å². The van der Waals surface area contributed by atoms with Gasteiger partial charge in [0.1, 0.15) is 11.3 Å². The van der Waals surface area contributed by atoms with Crippen molar-refractivity contribution in [2.45, 2.75) is 64.0 Å². The number of ether oxygens (including phenoxy) is 1. The summed E-state index contributed by atoms with van der Waals surface area (Å²) < 4.78 is 11.9. The summed E-state index contributed by atoms with van der Waals surface area (Å²) in [6.07, 6.45) is 4.71. The lowest BCUT2D eigenvalue weighted by atomic mass is 9.66. The van der Waals surface area contributed by atoms with Crippen LogP contribution in [-0.2, 0) is 11.2 Å². The summed E-state index contributed by atoms with van der Waals surface area (Å²) >= 11 is 6.18. The van der Waals surface area contributed by atoms with Crippen molar-refractivity contribution in [3.63, 3.8) is 0 Å². The van der Waals surface area contributed by atoms with Gasteiger partial charge in [0.05, 0.1) is 11.6 Å². The molecule has 0 radical (unpaired) electrons. The number of carbonyl (C=O) groups excluding carboxylic acids is 1. The van der Waals surface area contributed by atoms with Gasteiger partial charge in [-0.05, 0) is 74.1 Å². The molecule has 1 aliphatic heterocycles. The second kappa shape index (κ2) is 11.6. The van der Waals surface area contributed by atoms with Gasteiger partial charge >= 0.3 is 5.63 Å². The minimum absolute atomic E-state index is 0.0464. The zero-order valence-electron chi connectivity index (χ0n) is 24.1. The number of hydrogen-bond donors (Lipinski definition) is 1. The van der Waals surface area contributed by atoms with Crippen molar-refractivity contribution in [3.8, 4) is 5.75 Å². The topological polar surface area (TPSA) is 80.0 Å². The number of carbonyl (C=O) groups is 1. The molecule has 6 nitrogen and oxygen atoms in total. The van der Waals surface area contributed by atoms with Crippen molar-refractivity contribution in [2.24, 2.45) is 5.92 Å². The Balaban J connectivity index is 1.25. The normalized spacial score (nSPS) is 22.1. The van der Waals surface area contributed by atoms with Gasteiger partial charge in [0.15, 0.2) is 6.61 Å². The van der Waals surface area contributed by atoms with Gasteiger partial charge in [-0.3, -0.25) is 4.79 Å². The number of fused-ring (bicyclic) bond motifs is 2. The maximum Gasteiger partial charge on any atom is 0.340 e. The second-order valence-electron chi connectivity index (χ2n) is 11.8. The van der Waals surface area contributed by atoms with Crippen LogP contribution in [0.15, 0.2) is 75.9 Å². The highest BCUT2D eigenvalue weighted by atomic mass is 35.5. The fourth-order valence-corrected chi connectivity index (χ4v) is 7.11. The average Bonchev–Trinajstić information content (AvgIpc) is 2.99. The molecule has 7 heteroatoms. The molecule has 4 aromatic rings. The Morgan fingerprint density at radius 2 is 1.79 bits per heavy atom. The van der Waals surface area contributed by atoms with Gasteiger partial charge in [-0.1, -0.05) is 66.9 Å². The van der Waals surface area contributed by atoms with E-state index in [2.05, 4.69) is 0 Å². The Bertz CT molecular complexity index is 1670. The first-order chi connectivity index (χ1) is 20.2. The molecule has 218 valence electrons. The molecule has 1 saturated carbocycles. The number of amides is 1. The fraction of sp³-hybridized carbons (Fsp3) is 0.371. The van der Waals surface area contributed by atoms with E-state index in [0.717, 1.165) is 47.8 Å². The van der Waals surface area contributed by atoms with Crippen LogP contribution in [0.3, 0.4) is 0 Å². The molecule has 2 aliphatic rings. The fourth-order valence-electron chi connectivity index (χ4n) is 6.99. The van der Waals surface area contributed by atoms with Crippen LogP contribution in [0, 0.1) is 19.8 Å². The van der Waals surface area contributed by atoms with Crippen LogP contribution in [0.1, 0.15) is 66.0 Å². The molecule has 0 spiro atoms. The molecule has 42 heavy (non-hydrogen) atoms. The van der Waals surface area contributed by atoms with Gasteiger partial charge in [0.2, 0.25) is 0 Å². The van der Waals surface area contributed by atoms with Crippen molar-refractivity contribution in [1.82, 2.24) is 4.90 Å². The summed E-state index contributed by atoms with van der Waals surface area (Å²) in [6, 6.07) is 20.9. The number of rotatable bonds is 6. The standard InChI is InChI=1S/C35H36ClNO5/c1-22-27-15-16-30(23(2)33(27)42-34(39)28(22)20-24-8-4-3-5-9-24)41-21-31(38)37-19-18-35(40)17-7-6-10-29(35)32(37)25-11-13-26(36)14-12-25/h3-5,8-9,11-16,29,32,40H,6-7,10,17-21H2,1-2H3/t29?,32-,35?/m0/s1. The molecule has 3 aromatic carbocycles. The lowest BCUT2D eigenvalue weighted by molar-refractivity contribution is -0.157. The van der Waals surface area contributed by atoms with Crippen LogP contribution in [0.2, 0.25) is 5.02 Å². The van der Waals surface area contributed by atoms with E-state index in [1.165, 1.54) is 0 Å². The van der Waals surface area contributed by atoms with E-state index in [-0.39, 0.29) is 30.1 Å². The third-order valence-corrected chi connectivity index (χ3v) is 9.58. The van der Waals surface area contributed by atoms with Gasteiger partial charge in [-0.15, -0.1) is 0 Å². The van der Waals surface area contributed by atoms with Crippen LogP contribution >= 0.6 is 11.6 Å². The third kappa shape index (κ3) is 5.34. The number of aryl methyl sites for hydroxylation is 2. The lowest BCUT2D eigenvalue weighted by Crippen LogP contribution is -2.56. The van der Waals surface area contributed by atoms with Crippen molar-refractivity contribution in [3.05, 3.63) is 110 Å². The number of nitrogens with zero attached hydrogens (tertiary/aromatic N) is 1. The Hall–Kier alpha value is -3.61. The first kappa shape index (κ1) is 28.5. The van der Waals surface area contributed by atoms with E-state index >= 15 is 0 Å². The number of piperidine rings is 1. The molecule has 1 saturated heterocycles. The zero-order valence-corrected chi connectivity index (χ0v) is 24.8. The number of hydrogen-bond acceptors (Lipinski definition) is 5. The summed E-state index contributed by atoms with van der Waals surface area (Å²) in [6.45, 7) is 4.09. The predicted octanol–water partition coefficient (Wildman–Crippen LogP) is 6.93. The minimum Gasteiger partial charge on any atom is -0.483 e. The molecule has 3 atom stereocenters. The Morgan fingerprint density at radius 3 is 2.55 bits per heavy atom. The SMILES string of the molecule is Cc1c(Cc2ccccc2)c(=O)oc2c(C)c(OCC(=O)N3CCC4(O)CCCCC4[C@@H]3c3ccc(Cl)cc3)ccc12. The Morgan fingerprint density at radius 1 is 1.02 bits per heavy atom.